The van der Waals surface area contributed by atoms with Gasteiger partial charge in [-0.2, -0.15) is 0 Å². The molecule has 0 bridgehead atoms. The predicted molar refractivity (Wildman–Crippen MR) is 62.8 cm³/mol. The molecule has 0 saturated heterocycles. The summed E-state index contributed by atoms with van der Waals surface area (Å²) in [6.45, 7) is 6.31. The van der Waals surface area contributed by atoms with Gasteiger partial charge in [0.2, 0.25) is 0 Å². The van der Waals surface area contributed by atoms with Crippen molar-refractivity contribution in [1.82, 2.24) is 0 Å². The molecule has 92 valence electrons. The maximum atomic E-state index is 9.92. The Labute approximate surface area is 98.1 Å². The third-order valence-electron chi connectivity index (χ3n) is 2.58. The van der Waals surface area contributed by atoms with Crippen LogP contribution in [0.4, 0.5) is 0 Å². The van der Waals surface area contributed by atoms with Crippen LogP contribution in [0.1, 0.15) is 46.5 Å². The van der Waals surface area contributed by atoms with Crippen molar-refractivity contribution in [2.45, 2.75) is 64.4 Å². The molecular weight excluding hydrogens is 204 g/mol. The molecule has 0 aromatic carbocycles. The molecule has 3 nitrogen and oxygen atoms in total. The van der Waals surface area contributed by atoms with E-state index in [1.54, 1.807) is 0 Å². The van der Waals surface area contributed by atoms with Crippen LogP contribution in [0.15, 0.2) is 0 Å². The van der Waals surface area contributed by atoms with Crippen LogP contribution in [0.3, 0.4) is 0 Å². The van der Waals surface area contributed by atoms with Crippen LogP contribution in [-0.2, 0) is 9.47 Å². The molecule has 0 fully saturated rings. The van der Waals surface area contributed by atoms with Crippen molar-refractivity contribution in [3.63, 3.8) is 0 Å². The normalized spacial score (nSPS) is 26.5. The van der Waals surface area contributed by atoms with E-state index in [1.807, 2.05) is 20.8 Å². The summed E-state index contributed by atoms with van der Waals surface area (Å²) in [6.07, 6.45) is 2.52. The van der Waals surface area contributed by atoms with Crippen molar-refractivity contribution in [1.29, 1.82) is 0 Å². The highest BCUT2D eigenvalue weighted by Gasteiger charge is 2.28. The van der Waals surface area contributed by atoms with Crippen molar-refractivity contribution in [2.75, 3.05) is 6.61 Å². The average molecular weight is 226 g/mol. The predicted octanol–water partition coefficient (Wildman–Crippen LogP) is 2.08. The van der Waals surface area contributed by atoms with E-state index in [1.165, 1.54) is 0 Å². The first-order chi connectivity index (χ1) is 7.55. The Morgan fingerprint density at radius 1 is 1.38 bits per heavy atom. The van der Waals surface area contributed by atoms with Gasteiger partial charge >= 0.3 is 0 Å². The van der Waals surface area contributed by atoms with Gasteiger partial charge in [-0.05, 0) is 33.6 Å². The van der Waals surface area contributed by atoms with Gasteiger partial charge in [0.1, 0.15) is 0 Å². The second-order valence-corrected chi connectivity index (χ2v) is 4.51. The fourth-order valence-corrected chi connectivity index (χ4v) is 1.86. The third-order valence-corrected chi connectivity index (χ3v) is 2.58. The highest BCUT2D eigenvalue weighted by molar-refractivity contribution is 5.03. The number of rotatable bonds is 4. The number of hydrogen-bond acceptors (Lipinski definition) is 3. The molecule has 1 aliphatic rings. The van der Waals surface area contributed by atoms with Gasteiger partial charge in [-0.25, -0.2) is 0 Å². The lowest BCUT2D eigenvalue weighted by Crippen LogP contribution is -2.39. The number of ether oxygens (including phenoxy) is 2. The zero-order chi connectivity index (χ0) is 12.0. The molecule has 16 heavy (non-hydrogen) atoms. The smallest absolute Gasteiger partial charge is 0.163 e. The van der Waals surface area contributed by atoms with Crippen molar-refractivity contribution < 1.29 is 14.6 Å². The highest BCUT2D eigenvalue weighted by atomic mass is 16.7. The van der Waals surface area contributed by atoms with Crippen LogP contribution in [0.5, 0.6) is 0 Å². The number of aliphatic hydroxyl groups excluding tert-OH is 1. The molecule has 0 aliphatic heterocycles. The van der Waals surface area contributed by atoms with Crippen LogP contribution in [-0.4, -0.2) is 29.7 Å². The second-order valence-electron chi connectivity index (χ2n) is 4.51. The second kappa shape index (κ2) is 6.24. The first-order valence-electron chi connectivity index (χ1n) is 6.00. The van der Waals surface area contributed by atoms with Crippen molar-refractivity contribution in [2.24, 2.45) is 0 Å². The maximum Gasteiger partial charge on any atom is 0.163 e. The minimum absolute atomic E-state index is 0.170. The Morgan fingerprint density at radius 3 is 2.81 bits per heavy atom. The minimum atomic E-state index is -0.632. The first-order valence-corrected chi connectivity index (χ1v) is 6.00. The summed E-state index contributed by atoms with van der Waals surface area (Å²) in [5.41, 5.74) is 0. The molecule has 1 N–H and O–H groups in total. The topological polar surface area (TPSA) is 38.7 Å². The molecule has 0 heterocycles. The van der Waals surface area contributed by atoms with E-state index in [0.717, 1.165) is 19.3 Å². The summed E-state index contributed by atoms with van der Waals surface area (Å²) in [5.74, 6) is 5.36. The lowest BCUT2D eigenvalue weighted by atomic mass is 10.0. The van der Waals surface area contributed by atoms with Crippen LogP contribution in [0.2, 0.25) is 0 Å². The summed E-state index contributed by atoms with van der Waals surface area (Å²) in [5, 5.41) is 9.92. The van der Waals surface area contributed by atoms with Crippen LogP contribution in [0.25, 0.3) is 0 Å². The molecule has 1 aliphatic carbocycles. The van der Waals surface area contributed by atoms with E-state index in [4.69, 9.17) is 9.47 Å². The Bertz CT molecular complexity index is 262. The fraction of sp³-hybridized carbons (Fsp3) is 0.846. The van der Waals surface area contributed by atoms with E-state index in [0.29, 0.717) is 13.0 Å². The maximum absolute atomic E-state index is 9.92. The van der Waals surface area contributed by atoms with Crippen LogP contribution in [0, 0.1) is 11.8 Å². The monoisotopic (exact) mass is 226 g/mol. The zero-order valence-corrected chi connectivity index (χ0v) is 10.5. The molecule has 0 unspecified atom stereocenters. The van der Waals surface area contributed by atoms with Gasteiger partial charge in [-0.15, -0.1) is 11.8 Å². The van der Waals surface area contributed by atoms with Gasteiger partial charge in [-0.1, -0.05) is 0 Å². The Morgan fingerprint density at radius 2 is 2.12 bits per heavy atom. The zero-order valence-electron chi connectivity index (χ0n) is 10.5. The van der Waals surface area contributed by atoms with E-state index < -0.39 is 11.9 Å². The fourth-order valence-electron chi connectivity index (χ4n) is 1.86. The average Bonchev–Trinajstić information content (AvgIpc) is 2.18. The molecule has 0 radical (unpaired) electrons. The minimum Gasteiger partial charge on any atom is -0.389 e. The summed E-state index contributed by atoms with van der Waals surface area (Å²) in [7, 11) is 0. The number of hydrogen-bond donors (Lipinski definition) is 1. The molecule has 0 saturated carbocycles. The largest absolute Gasteiger partial charge is 0.389 e. The lowest BCUT2D eigenvalue weighted by Gasteiger charge is -2.33. The first kappa shape index (κ1) is 13.5. The Balaban J connectivity index is 2.54. The molecular formula is C13H22O3. The summed E-state index contributed by atoms with van der Waals surface area (Å²) in [4.78, 5) is 0. The van der Waals surface area contributed by atoms with Crippen molar-refractivity contribution >= 4 is 0 Å². The van der Waals surface area contributed by atoms with E-state index >= 15 is 0 Å². The van der Waals surface area contributed by atoms with Crippen molar-refractivity contribution in [3.8, 4) is 11.8 Å². The molecule has 0 aromatic heterocycles. The summed E-state index contributed by atoms with van der Waals surface area (Å²) >= 11 is 0. The summed E-state index contributed by atoms with van der Waals surface area (Å²) in [6, 6.07) is 0. The van der Waals surface area contributed by atoms with Gasteiger partial charge in [0.05, 0.1) is 12.2 Å². The van der Waals surface area contributed by atoms with Gasteiger partial charge in [0, 0.05) is 19.4 Å². The Kier molecular flexibility index (Phi) is 5.27. The third kappa shape index (κ3) is 4.52. The molecule has 1 rings (SSSR count). The van der Waals surface area contributed by atoms with Crippen LogP contribution < -0.4 is 0 Å². The highest BCUT2D eigenvalue weighted by Crippen LogP contribution is 2.21. The lowest BCUT2D eigenvalue weighted by molar-refractivity contribution is -0.251. The van der Waals surface area contributed by atoms with Gasteiger partial charge < -0.3 is 14.6 Å². The molecule has 0 amide bonds. The molecule has 3 heteroatoms. The van der Waals surface area contributed by atoms with Gasteiger partial charge in [0.15, 0.2) is 5.79 Å². The van der Waals surface area contributed by atoms with Gasteiger partial charge in [0.25, 0.3) is 0 Å². The molecule has 0 spiro atoms. The SMILES string of the molecule is CCOC(C)(C)O[C@@H]1CCCC#CC[C@@H]1O. The van der Waals surface area contributed by atoms with E-state index in [2.05, 4.69) is 11.8 Å². The molecule has 2 atom stereocenters. The Hall–Kier alpha value is -0.560. The standard InChI is InChI=1S/C13H22O3/c1-4-15-13(2,3)16-12-10-8-6-5-7-9-11(12)14/h11-12,14H,4,6,8-10H2,1-3H3/t11-,12+/m0/s1. The van der Waals surface area contributed by atoms with Gasteiger partial charge in [-0.3, -0.25) is 0 Å². The quantitative estimate of drug-likeness (QED) is 0.589. The van der Waals surface area contributed by atoms with E-state index in [-0.39, 0.29) is 6.10 Å². The number of aliphatic hydroxyl groups is 1. The summed E-state index contributed by atoms with van der Waals surface area (Å²) < 4.78 is 11.3. The van der Waals surface area contributed by atoms with E-state index in [9.17, 15) is 5.11 Å². The van der Waals surface area contributed by atoms with Crippen LogP contribution >= 0.6 is 0 Å². The molecule has 0 aromatic rings. The van der Waals surface area contributed by atoms with Crippen molar-refractivity contribution in [3.05, 3.63) is 0 Å².